The molecule has 0 aliphatic heterocycles. The molecule has 0 saturated carbocycles. The summed E-state index contributed by atoms with van der Waals surface area (Å²) in [5, 5.41) is 6.55. The molecule has 3 rings (SSSR count). The second-order valence-corrected chi connectivity index (χ2v) is 5.85. The summed E-state index contributed by atoms with van der Waals surface area (Å²) in [4.78, 5) is 0. The Labute approximate surface area is 99.6 Å². The number of hydrogen-bond acceptors (Lipinski definition) is 2. The minimum atomic E-state index is -3.60. The Bertz CT molecular complexity index is 727. The van der Waals surface area contributed by atoms with Crippen LogP contribution < -0.4 is 5.14 Å². The summed E-state index contributed by atoms with van der Waals surface area (Å²) in [6, 6.07) is 11.6. The summed E-state index contributed by atoms with van der Waals surface area (Å²) in [7, 11) is -3.60. The number of rotatable bonds is 1. The van der Waals surface area contributed by atoms with Crippen LogP contribution in [0.25, 0.3) is 16.8 Å². The molecule has 0 bridgehead atoms. The quantitative estimate of drug-likeness (QED) is 0.837. The highest BCUT2D eigenvalue weighted by molar-refractivity contribution is 7.89. The van der Waals surface area contributed by atoms with Gasteiger partial charge < -0.3 is 0 Å². The minimum absolute atomic E-state index is 0.735. The Morgan fingerprint density at radius 3 is 2.47 bits per heavy atom. The van der Waals surface area contributed by atoms with Crippen LogP contribution in [-0.2, 0) is 10.0 Å². The van der Waals surface area contributed by atoms with Gasteiger partial charge in [-0.3, -0.25) is 0 Å². The van der Waals surface area contributed by atoms with Crippen molar-refractivity contribution >= 4 is 26.9 Å². The first-order valence-corrected chi connectivity index (χ1v) is 6.90. The van der Waals surface area contributed by atoms with Gasteiger partial charge in [0.15, 0.2) is 0 Å². The van der Waals surface area contributed by atoms with Crippen molar-refractivity contribution < 1.29 is 8.42 Å². The van der Waals surface area contributed by atoms with Crippen molar-refractivity contribution in [1.29, 1.82) is 0 Å². The topological polar surface area (TPSA) is 60.2 Å². The fourth-order valence-electron chi connectivity index (χ4n) is 2.36. The van der Waals surface area contributed by atoms with Gasteiger partial charge in [-0.2, -0.15) is 0 Å². The van der Waals surface area contributed by atoms with Gasteiger partial charge in [-0.05, 0) is 21.9 Å². The third-order valence-corrected chi connectivity index (χ3v) is 4.20. The normalized spacial score (nSPS) is 18.5. The van der Waals surface area contributed by atoms with E-state index in [1.807, 2.05) is 42.5 Å². The van der Waals surface area contributed by atoms with Crippen LogP contribution in [0.1, 0.15) is 16.4 Å². The smallest absolute Gasteiger partial charge is 0.219 e. The lowest BCUT2D eigenvalue weighted by atomic mass is 9.93. The molecule has 17 heavy (non-hydrogen) atoms. The Balaban J connectivity index is 2.42. The first-order valence-electron chi connectivity index (χ1n) is 5.29. The number of nitrogens with two attached hydrogens (primary N) is 1. The van der Waals surface area contributed by atoms with Crippen LogP contribution in [0.15, 0.2) is 42.5 Å². The van der Waals surface area contributed by atoms with E-state index in [0.29, 0.717) is 0 Å². The van der Waals surface area contributed by atoms with Crippen LogP contribution in [-0.4, -0.2) is 8.42 Å². The zero-order valence-electron chi connectivity index (χ0n) is 9.00. The van der Waals surface area contributed by atoms with Crippen LogP contribution in [0.5, 0.6) is 0 Å². The van der Waals surface area contributed by atoms with Crippen LogP contribution in [0.3, 0.4) is 0 Å². The molecular weight excluding hydrogens is 234 g/mol. The average Bonchev–Trinajstić information content (AvgIpc) is 2.28. The molecule has 0 heterocycles. The second kappa shape index (κ2) is 3.42. The molecule has 0 saturated heterocycles. The van der Waals surface area contributed by atoms with E-state index in [9.17, 15) is 8.42 Å². The van der Waals surface area contributed by atoms with Crippen molar-refractivity contribution in [3.63, 3.8) is 0 Å². The van der Waals surface area contributed by atoms with Gasteiger partial charge in [0, 0.05) is 0 Å². The third kappa shape index (κ3) is 1.57. The number of benzene rings is 2. The standard InChI is InChI=1S/C13H11NO2S/c14-17(15,16)12-8-7-10-4-1-3-9-5-2-6-11(12)13(9)10/h1-8,12H,(H2,14,15,16). The van der Waals surface area contributed by atoms with Gasteiger partial charge in [-0.15, -0.1) is 0 Å². The molecule has 0 radical (unpaired) electrons. The number of hydrogen-bond donors (Lipinski definition) is 1. The Kier molecular flexibility index (Phi) is 2.11. The van der Waals surface area contributed by atoms with Gasteiger partial charge >= 0.3 is 0 Å². The molecule has 2 aromatic rings. The lowest BCUT2D eigenvalue weighted by Crippen LogP contribution is -2.21. The van der Waals surface area contributed by atoms with Gasteiger partial charge in [0.1, 0.15) is 5.25 Å². The van der Waals surface area contributed by atoms with Crippen molar-refractivity contribution in [1.82, 2.24) is 0 Å². The van der Waals surface area contributed by atoms with E-state index in [1.54, 1.807) is 6.08 Å². The maximum Gasteiger partial charge on any atom is 0.219 e. The van der Waals surface area contributed by atoms with Crippen LogP contribution in [0.2, 0.25) is 0 Å². The van der Waals surface area contributed by atoms with E-state index >= 15 is 0 Å². The molecule has 2 N–H and O–H groups in total. The summed E-state index contributed by atoms with van der Waals surface area (Å²) in [6.07, 6.45) is 3.47. The Morgan fingerprint density at radius 2 is 1.76 bits per heavy atom. The van der Waals surface area contributed by atoms with Crippen molar-refractivity contribution in [3.8, 4) is 0 Å². The lowest BCUT2D eigenvalue weighted by Gasteiger charge is -2.19. The van der Waals surface area contributed by atoms with Gasteiger partial charge in [-0.25, -0.2) is 13.6 Å². The zero-order chi connectivity index (χ0) is 12.0. The van der Waals surface area contributed by atoms with Gasteiger partial charge in [0.25, 0.3) is 0 Å². The number of primary sulfonamides is 1. The molecular formula is C13H11NO2S. The monoisotopic (exact) mass is 245 g/mol. The van der Waals surface area contributed by atoms with Crippen molar-refractivity contribution in [2.24, 2.45) is 5.14 Å². The van der Waals surface area contributed by atoms with E-state index in [-0.39, 0.29) is 0 Å². The van der Waals surface area contributed by atoms with E-state index < -0.39 is 15.3 Å². The summed E-state index contributed by atoms with van der Waals surface area (Å²) in [6.45, 7) is 0. The van der Waals surface area contributed by atoms with Crippen LogP contribution in [0.4, 0.5) is 0 Å². The summed E-state index contributed by atoms with van der Waals surface area (Å²) in [5.74, 6) is 0. The number of sulfonamides is 1. The maximum atomic E-state index is 11.6. The Morgan fingerprint density at radius 1 is 1.06 bits per heavy atom. The second-order valence-electron chi connectivity index (χ2n) is 4.16. The fourth-order valence-corrected chi connectivity index (χ4v) is 3.20. The average molecular weight is 245 g/mol. The highest BCUT2D eigenvalue weighted by atomic mass is 32.2. The third-order valence-electron chi connectivity index (χ3n) is 3.08. The first-order chi connectivity index (χ1) is 8.07. The van der Waals surface area contributed by atoms with Crippen molar-refractivity contribution in [3.05, 3.63) is 53.6 Å². The highest BCUT2D eigenvalue weighted by Crippen LogP contribution is 2.36. The van der Waals surface area contributed by atoms with Gasteiger partial charge in [0.05, 0.1) is 0 Å². The van der Waals surface area contributed by atoms with E-state index in [2.05, 4.69) is 0 Å². The van der Waals surface area contributed by atoms with Gasteiger partial charge in [-0.1, -0.05) is 48.6 Å². The Hall–Kier alpha value is -1.65. The molecule has 1 aliphatic carbocycles. The molecule has 1 unspecified atom stereocenters. The van der Waals surface area contributed by atoms with Crippen LogP contribution >= 0.6 is 0 Å². The molecule has 0 fully saturated rings. The van der Waals surface area contributed by atoms with E-state index in [0.717, 1.165) is 21.9 Å². The molecule has 0 amide bonds. The molecule has 0 spiro atoms. The summed E-state index contributed by atoms with van der Waals surface area (Å²) >= 11 is 0. The van der Waals surface area contributed by atoms with Crippen LogP contribution in [0, 0.1) is 0 Å². The SMILES string of the molecule is NS(=O)(=O)C1C=Cc2cccc3cccc1c23. The lowest BCUT2D eigenvalue weighted by molar-refractivity contribution is 0.592. The molecule has 3 nitrogen and oxygen atoms in total. The summed E-state index contributed by atoms with van der Waals surface area (Å²) < 4.78 is 23.1. The predicted octanol–water partition coefficient (Wildman–Crippen LogP) is 2.20. The van der Waals surface area contributed by atoms with Crippen molar-refractivity contribution in [2.45, 2.75) is 5.25 Å². The molecule has 2 aromatic carbocycles. The molecule has 86 valence electrons. The molecule has 4 heteroatoms. The zero-order valence-corrected chi connectivity index (χ0v) is 9.81. The van der Waals surface area contributed by atoms with E-state index in [4.69, 9.17) is 5.14 Å². The molecule has 1 aliphatic rings. The summed E-state index contributed by atoms with van der Waals surface area (Å²) in [5.41, 5.74) is 1.81. The molecule has 1 atom stereocenters. The van der Waals surface area contributed by atoms with E-state index in [1.165, 1.54) is 0 Å². The molecule has 0 aromatic heterocycles. The van der Waals surface area contributed by atoms with Crippen molar-refractivity contribution in [2.75, 3.05) is 0 Å². The van der Waals surface area contributed by atoms with Gasteiger partial charge in [0.2, 0.25) is 10.0 Å². The fraction of sp³-hybridized carbons (Fsp3) is 0.0769. The minimum Gasteiger partial charge on any atom is -0.228 e. The predicted molar refractivity (Wildman–Crippen MR) is 68.8 cm³/mol. The maximum absolute atomic E-state index is 11.6. The largest absolute Gasteiger partial charge is 0.228 e. The highest BCUT2D eigenvalue weighted by Gasteiger charge is 2.25. The first kappa shape index (κ1) is 10.5.